The van der Waals surface area contributed by atoms with Crippen molar-refractivity contribution in [2.45, 2.75) is 78.1 Å². The van der Waals surface area contributed by atoms with E-state index in [4.69, 9.17) is 0 Å². The molecule has 0 N–H and O–H groups in total. The molecule has 0 saturated heterocycles. The van der Waals surface area contributed by atoms with Crippen LogP contribution in [0.25, 0.3) is 6.08 Å². The van der Waals surface area contributed by atoms with Crippen LogP contribution in [-0.4, -0.2) is 5.78 Å². The molecule has 1 aliphatic carbocycles. The third kappa shape index (κ3) is 4.09. The molecule has 1 fully saturated rings. The normalized spacial score (nSPS) is 18.8. The van der Waals surface area contributed by atoms with E-state index in [1.807, 2.05) is 0 Å². The highest BCUT2D eigenvalue weighted by atomic mass is 16.1. The van der Waals surface area contributed by atoms with Crippen LogP contribution < -0.4 is 0 Å². The molecule has 1 nitrogen and oxygen atoms in total. The summed E-state index contributed by atoms with van der Waals surface area (Å²) in [5, 5.41) is 0. The molecule has 0 aliphatic heterocycles. The van der Waals surface area contributed by atoms with Gasteiger partial charge in [-0.1, -0.05) is 59.7 Å². The fourth-order valence-electron chi connectivity index (χ4n) is 2.86. The highest BCUT2D eigenvalue weighted by Crippen LogP contribution is 2.32. The molecular formula is C21H30O. The van der Waals surface area contributed by atoms with Gasteiger partial charge in [0, 0.05) is 6.42 Å². The standard InChI is InChI=1S/C21H30O/c1-20(2,3)17-12-15(13-18(14-17)21(4,5)6)11-16-9-7-8-10-19(16)22/h11-14H,7-10H2,1-6H3. The van der Waals surface area contributed by atoms with E-state index in [0.717, 1.165) is 31.3 Å². The Morgan fingerprint density at radius 2 is 1.32 bits per heavy atom. The summed E-state index contributed by atoms with van der Waals surface area (Å²) < 4.78 is 0. The number of rotatable bonds is 1. The Morgan fingerprint density at radius 1 is 0.818 bits per heavy atom. The van der Waals surface area contributed by atoms with Gasteiger partial charge in [0.25, 0.3) is 0 Å². The fraction of sp³-hybridized carbons (Fsp3) is 0.571. The van der Waals surface area contributed by atoms with Crippen molar-refractivity contribution in [2.24, 2.45) is 0 Å². The second-order valence-electron chi connectivity index (χ2n) is 8.64. The molecule has 0 aromatic heterocycles. The van der Waals surface area contributed by atoms with Gasteiger partial charge < -0.3 is 0 Å². The minimum Gasteiger partial charge on any atom is -0.295 e. The molecule has 120 valence electrons. The number of carbonyl (C=O) groups excluding carboxylic acids is 1. The highest BCUT2D eigenvalue weighted by molar-refractivity contribution is 6.00. The van der Waals surface area contributed by atoms with Gasteiger partial charge in [0.15, 0.2) is 5.78 Å². The zero-order valence-corrected chi connectivity index (χ0v) is 15.0. The fourth-order valence-corrected chi connectivity index (χ4v) is 2.86. The lowest BCUT2D eigenvalue weighted by molar-refractivity contribution is -0.116. The predicted molar refractivity (Wildman–Crippen MR) is 95.3 cm³/mol. The SMILES string of the molecule is CC(C)(C)c1cc(C=C2CCCCC2=O)cc(C(C)(C)C)c1. The third-order valence-electron chi connectivity index (χ3n) is 4.49. The number of hydrogen-bond acceptors (Lipinski definition) is 1. The first kappa shape index (κ1) is 17.0. The average molecular weight is 298 g/mol. The molecule has 1 aromatic rings. The van der Waals surface area contributed by atoms with E-state index in [-0.39, 0.29) is 10.8 Å². The molecule has 1 aromatic carbocycles. The predicted octanol–water partition coefficient (Wildman–Crippen LogP) is 5.81. The van der Waals surface area contributed by atoms with E-state index in [1.165, 1.54) is 16.7 Å². The van der Waals surface area contributed by atoms with Gasteiger partial charge in [0.1, 0.15) is 0 Å². The van der Waals surface area contributed by atoms with E-state index in [1.54, 1.807) is 0 Å². The zero-order chi connectivity index (χ0) is 16.5. The molecule has 0 heterocycles. The minimum atomic E-state index is 0.116. The highest BCUT2D eigenvalue weighted by Gasteiger charge is 2.21. The molecule has 0 spiro atoms. The monoisotopic (exact) mass is 298 g/mol. The lowest BCUT2D eigenvalue weighted by Gasteiger charge is -2.26. The molecule has 0 radical (unpaired) electrons. The number of hydrogen-bond donors (Lipinski definition) is 0. The van der Waals surface area contributed by atoms with E-state index in [2.05, 4.69) is 65.8 Å². The van der Waals surface area contributed by atoms with Gasteiger partial charge in [-0.25, -0.2) is 0 Å². The van der Waals surface area contributed by atoms with Gasteiger partial charge in [-0.05, 0) is 58.4 Å². The Balaban J connectivity index is 2.51. The van der Waals surface area contributed by atoms with Crippen molar-refractivity contribution < 1.29 is 4.79 Å². The maximum absolute atomic E-state index is 12.1. The van der Waals surface area contributed by atoms with Crippen LogP contribution >= 0.6 is 0 Å². The van der Waals surface area contributed by atoms with Crippen LogP contribution in [0.4, 0.5) is 0 Å². The number of benzene rings is 1. The van der Waals surface area contributed by atoms with E-state index in [9.17, 15) is 4.79 Å². The molecule has 0 unspecified atom stereocenters. The maximum atomic E-state index is 12.1. The van der Waals surface area contributed by atoms with Crippen molar-refractivity contribution >= 4 is 11.9 Å². The lowest BCUT2D eigenvalue weighted by Crippen LogP contribution is -2.16. The number of Topliss-reactive ketones (excluding diaryl/α,β-unsaturated/α-hetero) is 1. The summed E-state index contributed by atoms with van der Waals surface area (Å²) in [7, 11) is 0. The molecule has 1 heteroatoms. The topological polar surface area (TPSA) is 17.1 Å². The molecule has 0 atom stereocenters. The van der Waals surface area contributed by atoms with Crippen LogP contribution in [0.3, 0.4) is 0 Å². The summed E-state index contributed by atoms with van der Waals surface area (Å²) in [6.07, 6.45) is 5.97. The second-order valence-corrected chi connectivity index (χ2v) is 8.64. The van der Waals surface area contributed by atoms with Crippen molar-refractivity contribution in [1.29, 1.82) is 0 Å². The molecule has 0 bridgehead atoms. The number of ketones is 1. The van der Waals surface area contributed by atoms with Crippen LogP contribution in [-0.2, 0) is 15.6 Å². The van der Waals surface area contributed by atoms with Crippen molar-refractivity contribution in [3.05, 3.63) is 40.5 Å². The summed E-state index contributed by atoms with van der Waals surface area (Å²) >= 11 is 0. The summed E-state index contributed by atoms with van der Waals surface area (Å²) in [6.45, 7) is 13.5. The molecule has 22 heavy (non-hydrogen) atoms. The minimum absolute atomic E-state index is 0.116. The Bertz CT molecular complexity index is 559. The molecule has 1 aliphatic rings. The third-order valence-corrected chi connectivity index (χ3v) is 4.49. The summed E-state index contributed by atoms with van der Waals surface area (Å²) in [4.78, 5) is 12.1. The van der Waals surface area contributed by atoms with Gasteiger partial charge in [-0.3, -0.25) is 4.79 Å². The Labute approximate surface area is 135 Å². The smallest absolute Gasteiger partial charge is 0.158 e. The largest absolute Gasteiger partial charge is 0.295 e. The van der Waals surface area contributed by atoms with Crippen LogP contribution in [0.2, 0.25) is 0 Å². The number of allylic oxidation sites excluding steroid dienone is 1. The average Bonchev–Trinajstić information content (AvgIpc) is 2.39. The molecular weight excluding hydrogens is 268 g/mol. The number of carbonyl (C=O) groups is 1. The van der Waals surface area contributed by atoms with Crippen molar-refractivity contribution in [2.75, 3.05) is 0 Å². The molecule has 1 saturated carbocycles. The van der Waals surface area contributed by atoms with Crippen LogP contribution in [0.1, 0.15) is 83.9 Å². The molecule has 0 amide bonds. The van der Waals surface area contributed by atoms with Gasteiger partial charge in [0.05, 0.1) is 0 Å². The van der Waals surface area contributed by atoms with Gasteiger partial charge in [-0.15, -0.1) is 0 Å². The maximum Gasteiger partial charge on any atom is 0.158 e. The summed E-state index contributed by atoms with van der Waals surface area (Å²) in [5.74, 6) is 0.338. The van der Waals surface area contributed by atoms with E-state index < -0.39 is 0 Å². The zero-order valence-electron chi connectivity index (χ0n) is 15.0. The Hall–Kier alpha value is -1.37. The first-order chi connectivity index (χ1) is 10.1. The van der Waals surface area contributed by atoms with Crippen LogP contribution in [0, 0.1) is 0 Å². The van der Waals surface area contributed by atoms with Crippen molar-refractivity contribution in [3.63, 3.8) is 0 Å². The first-order valence-corrected chi connectivity index (χ1v) is 8.47. The van der Waals surface area contributed by atoms with Crippen molar-refractivity contribution in [3.8, 4) is 0 Å². The van der Waals surface area contributed by atoms with E-state index >= 15 is 0 Å². The first-order valence-electron chi connectivity index (χ1n) is 8.47. The van der Waals surface area contributed by atoms with Gasteiger partial charge in [-0.2, -0.15) is 0 Å². The quantitative estimate of drug-likeness (QED) is 0.598. The Kier molecular flexibility index (Phi) is 4.65. The Morgan fingerprint density at radius 3 is 1.77 bits per heavy atom. The second kappa shape index (κ2) is 6.02. The van der Waals surface area contributed by atoms with Gasteiger partial charge >= 0.3 is 0 Å². The summed E-state index contributed by atoms with van der Waals surface area (Å²) in [5.41, 5.74) is 5.11. The molecule has 2 rings (SSSR count). The van der Waals surface area contributed by atoms with Crippen LogP contribution in [0.5, 0.6) is 0 Å². The van der Waals surface area contributed by atoms with Crippen LogP contribution in [0.15, 0.2) is 23.8 Å². The lowest BCUT2D eigenvalue weighted by atomic mass is 9.79. The summed E-state index contributed by atoms with van der Waals surface area (Å²) in [6, 6.07) is 6.83. The van der Waals surface area contributed by atoms with Gasteiger partial charge in [0.2, 0.25) is 0 Å². The van der Waals surface area contributed by atoms with Crippen molar-refractivity contribution in [1.82, 2.24) is 0 Å². The van der Waals surface area contributed by atoms with E-state index in [0.29, 0.717) is 5.78 Å².